The number of rotatable bonds is 4. The molecule has 1 aliphatic carbocycles. The molecular weight excluding hydrogens is 316 g/mol. The topological polar surface area (TPSA) is 74.0 Å². The first-order chi connectivity index (χ1) is 11.4. The van der Waals surface area contributed by atoms with Gasteiger partial charge in [0.25, 0.3) is 10.9 Å². The van der Waals surface area contributed by atoms with Crippen LogP contribution < -0.4 is 21.5 Å². The van der Waals surface area contributed by atoms with E-state index in [0.717, 1.165) is 10.9 Å². The van der Waals surface area contributed by atoms with E-state index in [9.17, 15) is 18.4 Å². The number of aromatic amines is 1. The van der Waals surface area contributed by atoms with Gasteiger partial charge >= 0.3 is 0 Å². The van der Waals surface area contributed by atoms with Gasteiger partial charge in [0, 0.05) is 36.0 Å². The molecule has 1 saturated carbocycles. The highest BCUT2D eigenvalue weighted by Gasteiger charge is 2.40. The zero-order valence-electron chi connectivity index (χ0n) is 12.7. The van der Waals surface area contributed by atoms with Crippen molar-refractivity contribution in [2.45, 2.75) is 31.2 Å². The number of hydrogen-bond acceptors (Lipinski definition) is 4. The summed E-state index contributed by atoms with van der Waals surface area (Å²) in [5, 5.41) is 6.65. The zero-order chi connectivity index (χ0) is 16.9. The fourth-order valence-electron chi connectivity index (χ4n) is 3.24. The Kier molecular flexibility index (Phi) is 3.19. The fraction of sp³-hybridized carbons (Fsp3) is 0.294. The van der Waals surface area contributed by atoms with Crippen LogP contribution in [-0.4, -0.2) is 16.9 Å². The molecule has 7 heteroatoms. The lowest BCUT2D eigenvalue weighted by atomic mass is 10.1. The number of aromatic nitrogens is 1. The number of alkyl halides is 2. The summed E-state index contributed by atoms with van der Waals surface area (Å²) in [4.78, 5) is 26.7. The van der Waals surface area contributed by atoms with E-state index < -0.39 is 22.8 Å². The van der Waals surface area contributed by atoms with Crippen molar-refractivity contribution >= 4 is 28.0 Å². The molecule has 1 fully saturated rings. The number of benzene rings is 1. The third-order valence-electron chi connectivity index (χ3n) is 4.51. The van der Waals surface area contributed by atoms with E-state index in [2.05, 4.69) is 15.6 Å². The second-order valence-electron chi connectivity index (χ2n) is 6.22. The summed E-state index contributed by atoms with van der Waals surface area (Å²) in [7, 11) is 0. The Morgan fingerprint density at radius 2 is 1.88 bits per heavy atom. The minimum atomic E-state index is -2.71. The SMILES string of the molecule is O=c1c(Nc2c[nH]c3ccccc23)c(N[C@@H]2CCC(F)(F)C2)c1=O. The summed E-state index contributed by atoms with van der Waals surface area (Å²) < 4.78 is 26.6. The Morgan fingerprint density at radius 3 is 2.62 bits per heavy atom. The lowest BCUT2D eigenvalue weighted by Gasteiger charge is -2.19. The van der Waals surface area contributed by atoms with Gasteiger partial charge in [0.1, 0.15) is 11.4 Å². The highest BCUT2D eigenvalue weighted by atomic mass is 19.3. The van der Waals surface area contributed by atoms with Crippen LogP contribution in [0.15, 0.2) is 40.1 Å². The van der Waals surface area contributed by atoms with Gasteiger partial charge in [-0.15, -0.1) is 0 Å². The molecule has 0 amide bonds. The van der Waals surface area contributed by atoms with Crippen molar-refractivity contribution in [1.82, 2.24) is 4.98 Å². The molecule has 0 radical (unpaired) electrons. The van der Waals surface area contributed by atoms with E-state index >= 15 is 0 Å². The molecule has 24 heavy (non-hydrogen) atoms. The minimum Gasteiger partial charge on any atom is -0.377 e. The Bertz CT molecular complexity index is 985. The van der Waals surface area contributed by atoms with Crippen LogP contribution in [0.2, 0.25) is 0 Å². The zero-order valence-corrected chi connectivity index (χ0v) is 12.7. The molecule has 0 saturated heterocycles. The first kappa shape index (κ1) is 14.9. The van der Waals surface area contributed by atoms with Crippen LogP contribution in [0.1, 0.15) is 19.3 Å². The average Bonchev–Trinajstić information content (AvgIpc) is 3.13. The van der Waals surface area contributed by atoms with Crippen molar-refractivity contribution in [3.63, 3.8) is 0 Å². The molecule has 124 valence electrons. The van der Waals surface area contributed by atoms with Crippen LogP contribution in [0.25, 0.3) is 10.9 Å². The fourth-order valence-corrected chi connectivity index (χ4v) is 3.24. The van der Waals surface area contributed by atoms with Gasteiger partial charge in [0.2, 0.25) is 5.92 Å². The third kappa shape index (κ3) is 2.36. The average molecular weight is 331 g/mol. The molecule has 5 nitrogen and oxygen atoms in total. The van der Waals surface area contributed by atoms with E-state index in [4.69, 9.17) is 0 Å². The molecule has 1 aliphatic rings. The molecule has 0 bridgehead atoms. The van der Waals surface area contributed by atoms with Crippen LogP contribution in [0, 0.1) is 0 Å². The van der Waals surface area contributed by atoms with Crippen LogP contribution in [0.5, 0.6) is 0 Å². The molecule has 3 aromatic rings. The Hall–Kier alpha value is -2.70. The molecular formula is C17H15F2N3O2. The Morgan fingerprint density at radius 1 is 1.12 bits per heavy atom. The van der Waals surface area contributed by atoms with Gasteiger partial charge in [-0.25, -0.2) is 8.78 Å². The van der Waals surface area contributed by atoms with Crippen molar-refractivity contribution in [3.05, 3.63) is 50.9 Å². The van der Waals surface area contributed by atoms with E-state index in [1.807, 2.05) is 24.3 Å². The smallest absolute Gasteiger partial charge is 0.253 e. The van der Waals surface area contributed by atoms with E-state index in [1.54, 1.807) is 6.20 Å². The van der Waals surface area contributed by atoms with E-state index in [0.29, 0.717) is 5.69 Å². The predicted octanol–water partition coefficient (Wildman–Crippen LogP) is 3.11. The number of hydrogen-bond donors (Lipinski definition) is 3. The van der Waals surface area contributed by atoms with Crippen LogP contribution in [-0.2, 0) is 0 Å². The van der Waals surface area contributed by atoms with Gasteiger partial charge in [0.15, 0.2) is 0 Å². The van der Waals surface area contributed by atoms with Gasteiger partial charge in [0.05, 0.1) is 5.69 Å². The monoisotopic (exact) mass is 331 g/mol. The quantitative estimate of drug-likeness (QED) is 0.642. The summed E-state index contributed by atoms with van der Waals surface area (Å²) in [5.74, 6) is -2.71. The summed E-state index contributed by atoms with van der Waals surface area (Å²) in [6, 6.07) is 7.02. The standard InChI is InChI=1S/C17H15F2N3O2/c18-17(19)6-5-9(7-17)21-13-14(16(24)15(13)23)22-12-8-20-11-4-2-1-3-10(11)12/h1-4,8-9,20-22H,5-7H2/t9-/m1/s1. The Balaban J connectivity index is 1.60. The maximum absolute atomic E-state index is 13.3. The van der Waals surface area contributed by atoms with Crippen LogP contribution in [0.3, 0.4) is 0 Å². The maximum Gasteiger partial charge on any atom is 0.253 e. The molecule has 0 unspecified atom stereocenters. The number of halogens is 2. The molecule has 0 spiro atoms. The van der Waals surface area contributed by atoms with Gasteiger partial charge < -0.3 is 15.6 Å². The maximum atomic E-state index is 13.3. The van der Waals surface area contributed by atoms with Crippen molar-refractivity contribution < 1.29 is 8.78 Å². The highest BCUT2D eigenvalue weighted by molar-refractivity contribution is 5.95. The second kappa shape index (κ2) is 5.15. The first-order valence-corrected chi connectivity index (χ1v) is 7.75. The molecule has 0 aliphatic heterocycles. The molecule has 1 heterocycles. The number of para-hydroxylation sites is 1. The van der Waals surface area contributed by atoms with Gasteiger partial charge in [-0.3, -0.25) is 9.59 Å². The second-order valence-corrected chi connectivity index (χ2v) is 6.22. The summed E-state index contributed by atoms with van der Waals surface area (Å²) >= 11 is 0. The molecule has 3 N–H and O–H groups in total. The summed E-state index contributed by atoms with van der Waals surface area (Å²) in [6.45, 7) is 0. The first-order valence-electron chi connectivity index (χ1n) is 7.75. The third-order valence-corrected chi connectivity index (χ3v) is 4.51. The molecule has 4 rings (SSSR count). The van der Waals surface area contributed by atoms with Gasteiger partial charge in [-0.1, -0.05) is 18.2 Å². The van der Waals surface area contributed by atoms with Gasteiger partial charge in [-0.05, 0) is 12.5 Å². The number of nitrogens with one attached hydrogen (secondary N) is 3. The minimum absolute atomic E-state index is 0.105. The van der Waals surface area contributed by atoms with Crippen LogP contribution in [0.4, 0.5) is 25.8 Å². The molecule has 1 aromatic heterocycles. The van der Waals surface area contributed by atoms with E-state index in [1.165, 1.54) is 0 Å². The van der Waals surface area contributed by atoms with Crippen molar-refractivity contribution in [3.8, 4) is 0 Å². The highest BCUT2D eigenvalue weighted by Crippen LogP contribution is 2.37. The molecule has 2 aromatic carbocycles. The summed E-state index contributed by atoms with van der Waals surface area (Å²) in [5.41, 5.74) is 0.509. The number of fused-ring (bicyclic) bond motifs is 1. The lowest BCUT2D eigenvalue weighted by molar-refractivity contribution is 0.00852. The van der Waals surface area contributed by atoms with Gasteiger partial charge in [-0.2, -0.15) is 0 Å². The van der Waals surface area contributed by atoms with Crippen molar-refractivity contribution in [2.24, 2.45) is 0 Å². The normalized spacial score (nSPS) is 19.8. The number of anilines is 3. The Labute approximate surface area is 135 Å². The lowest BCUT2D eigenvalue weighted by Crippen LogP contribution is -2.38. The van der Waals surface area contributed by atoms with Crippen molar-refractivity contribution in [1.29, 1.82) is 0 Å². The summed E-state index contributed by atoms with van der Waals surface area (Å²) in [6.07, 6.45) is 1.46. The van der Waals surface area contributed by atoms with Crippen LogP contribution >= 0.6 is 0 Å². The number of H-pyrrole nitrogens is 1. The largest absolute Gasteiger partial charge is 0.377 e. The van der Waals surface area contributed by atoms with Crippen molar-refractivity contribution in [2.75, 3.05) is 10.6 Å². The molecule has 1 atom stereocenters. The predicted molar refractivity (Wildman–Crippen MR) is 89.1 cm³/mol. The van der Waals surface area contributed by atoms with E-state index in [-0.39, 0.29) is 30.6 Å².